The second-order valence-corrected chi connectivity index (χ2v) is 3.72. The van der Waals surface area contributed by atoms with E-state index in [-0.39, 0.29) is 12.7 Å². The molecule has 0 amide bonds. The van der Waals surface area contributed by atoms with Gasteiger partial charge in [-0.15, -0.1) is 0 Å². The van der Waals surface area contributed by atoms with E-state index in [2.05, 4.69) is 0 Å². The molecule has 0 fully saturated rings. The van der Waals surface area contributed by atoms with Gasteiger partial charge in [-0.2, -0.15) is 0 Å². The molecule has 84 valence electrons. The zero-order valence-electron chi connectivity index (χ0n) is 9.08. The first kappa shape index (κ1) is 12.0. The summed E-state index contributed by atoms with van der Waals surface area (Å²) in [4.78, 5) is 0. The van der Waals surface area contributed by atoms with Crippen molar-refractivity contribution in [2.75, 3.05) is 13.3 Å². The van der Waals surface area contributed by atoms with Crippen molar-refractivity contribution < 1.29 is 9.13 Å². The molecule has 2 nitrogen and oxygen atoms in total. The van der Waals surface area contributed by atoms with Crippen LogP contribution >= 0.6 is 0 Å². The second-order valence-electron chi connectivity index (χ2n) is 3.72. The monoisotopic (exact) mass is 211 g/mol. The number of hydrogen-bond acceptors (Lipinski definition) is 2. The standard InChI is InChI=1S/C12H18FNO/c1-10(14)8-11-4-2-5-12(9-11)15-7-3-6-13/h2,4-5,9-10H,3,6-8,14H2,1H3. The van der Waals surface area contributed by atoms with E-state index in [1.807, 2.05) is 31.2 Å². The minimum atomic E-state index is -0.334. The van der Waals surface area contributed by atoms with E-state index < -0.39 is 0 Å². The Bertz CT molecular complexity index is 289. The van der Waals surface area contributed by atoms with Crippen molar-refractivity contribution in [2.45, 2.75) is 25.8 Å². The van der Waals surface area contributed by atoms with E-state index in [1.165, 1.54) is 0 Å². The smallest absolute Gasteiger partial charge is 0.119 e. The van der Waals surface area contributed by atoms with Crippen LogP contribution in [0.2, 0.25) is 0 Å². The Balaban J connectivity index is 2.50. The van der Waals surface area contributed by atoms with Gasteiger partial charge in [0, 0.05) is 12.5 Å². The van der Waals surface area contributed by atoms with Gasteiger partial charge in [-0.05, 0) is 31.0 Å². The Labute approximate surface area is 90.2 Å². The predicted molar refractivity (Wildman–Crippen MR) is 59.9 cm³/mol. The molecule has 1 rings (SSSR count). The Morgan fingerprint density at radius 3 is 2.93 bits per heavy atom. The van der Waals surface area contributed by atoms with E-state index in [1.54, 1.807) is 0 Å². The lowest BCUT2D eigenvalue weighted by Gasteiger charge is -2.08. The fraction of sp³-hybridized carbons (Fsp3) is 0.500. The van der Waals surface area contributed by atoms with E-state index >= 15 is 0 Å². The number of rotatable bonds is 6. The molecule has 1 aromatic carbocycles. The zero-order valence-corrected chi connectivity index (χ0v) is 9.08. The first-order valence-electron chi connectivity index (χ1n) is 5.25. The molecule has 1 atom stereocenters. The highest BCUT2D eigenvalue weighted by Crippen LogP contribution is 2.14. The summed E-state index contributed by atoms with van der Waals surface area (Å²) in [6.45, 7) is 2.06. The molecule has 0 saturated heterocycles. The fourth-order valence-corrected chi connectivity index (χ4v) is 1.38. The molecule has 0 aliphatic rings. The second kappa shape index (κ2) is 6.40. The SMILES string of the molecule is CC(N)Cc1cccc(OCCCF)c1. The highest BCUT2D eigenvalue weighted by Gasteiger charge is 2.00. The van der Waals surface area contributed by atoms with Gasteiger partial charge >= 0.3 is 0 Å². The molecule has 0 saturated carbocycles. The Morgan fingerprint density at radius 2 is 2.27 bits per heavy atom. The third-order valence-corrected chi connectivity index (χ3v) is 2.00. The number of ether oxygens (including phenoxy) is 1. The van der Waals surface area contributed by atoms with Gasteiger partial charge in [0.15, 0.2) is 0 Å². The summed E-state index contributed by atoms with van der Waals surface area (Å²) in [5, 5.41) is 0. The fourth-order valence-electron chi connectivity index (χ4n) is 1.38. The number of benzene rings is 1. The predicted octanol–water partition coefficient (Wildman–Crippen LogP) is 2.31. The van der Waals surface area contributed by atoms with Gasteiger partial charge in [-0.3, -0.25) is 4.39 Å². The van der Waals surface area contributed by atoms with Crippen LogP contribution in [0.1, 0.15) is 18.9 Å². The van der Waals surface area contributed by atoms with Gasteiger partial charge < -0.3 is 10.5 Å². The van der Waals surface area contributed by atoms with Crippen LogP contribution in [0.15, 0.2) is 24.3 Å². The van der Waals surface area contributed by atoms with E-state index in [9.17, 15) is 4.39 Å². The maximum absolute atomic E-state index is 11.9. The molecule has 0 spiro atoms. The highest BCUT2D eigenvalue weighted by atomic mass is 19.1. The summed E-state index contributed by atoms with van der Waals surface area (Å²) in [6, 6.07) is 7.93. The Kier molecular flexibility index (Phi) is 5.12. The van der Waals surface area contributed by atoms with E-state index in [4.69, 9.17) is 10.5 Å². The van der Waals surface area contributed by atoms with Gasteiger partial charge in [0.2, 0.25) is 0 Å². The molecular formula is C12H18FNO. The van der Waals surface area contributed by atoms with Crippen LogP contribution in [-0.4, -0.2) is 19.3 Å². The van der Waals surface area contributed by atoms with Crippen molar-refractivity contribution >= 4 is 0 Å². The largest absolute Gasteiger partial charge is 0.493 e. The van der Waals surface area contributed by atoms with Crippen LogP contribution < -0.4 is 10.5 Å². The topological polar surface area (TPSA) is 35.2 Å². The highest BCUT2D eigenvalue weighted by molar-refractivity contribution is 5.28. The summed E-state index contributed by atoms with van der Waals surface area (Å²) < 4.78 is 17.2. The summed E-state index contributed by atoms with van der Waals surface area (Å²) in [5.74, 6) is 0.793. The third kappa shape index (κ3) is 4.79. The lowest BCUT2D eigenvalue weighted by Crippen LogP contribution is -2.17. The van der Waals surface area contributed by atoms with Crippen LogP contribution in [0.5, 0.6) is 5.75 Å². The van der Waals surface area contributed by atoms with Gasteiger partial charge in [-0.1, -0.05) is 12.1 Å². The van der Waals surface area contributed by atoms with Gasteiger partial charge in [0.1, 0.15) is 5.75 Å². The number of nitrogens with two attached hydrogens (primary N) is 1. The quantitative estimate of drug-likeness (QED) is 0.733. The van der Waals surface area contributed by atoms with Crippen LogP contribution in [-0.2, 0) is 6.42 Å². The van der Waals surface area contributed by atoms with Gasteiger partial charge in [-0.25, -0.2) is 0 Å². The van der Waals surface area contributed by atoms with Crippen LogP contribution in [0.4, 0.5) is 4.39 Å². The van der Waals surface area contributed by atoms with Crippen molar-refractivity contribution in [3.05, 3.63) is 29.8 Å². The van der Waals surface area contributed by atoms with E-state index in [0.29, 0.717) is 13.0 Å². The first-order valence-corrected chi connectivity index (χ1v) is 5.25. The molecule has 0 bridgehead atoms. The van der Waals surface area contributed by atoms with Crippen molar-refractivity contribution in [3.63, 3.8) is 0 Å². The van der Waals surface area contributed by atoms with E-state index in [0.717, 1.165) is 17.7 Å². The molecule has 2 N–H and O–H groups in total. The molecule has 0 radical (unpaired) electrons. The maximum atomic E-state index is 11.9. The number of alkyl halides is 1. The number of hydrogen-bond donors (Lipinski definition) is 1. The lowest BCUT2D eigenvalue weighted by molar-refractivity contribution is 0.289. The van der Waals surface area contributed by atoms with Crippen LogP contribution in [0.3, 0.4) is 0 Å². The summed E-state index contributed by atoms with van der Waals surface area (Å²) in [5.41, 5.74) is 6.86. The van der Waals surface area contributed by atoms with Crippen molar-refractivity contribution in [1.82, 2.24) is 0 Å². The molecule has 0 aromatic heterocycles. The lowest BCUT2D eigenvalue weighted by atomic mass is 10.1. The van der Waals surface area contributed by atoms with Crippen LogP contribution in [0, 0.1) is 0 Å². The van der Waals surface area contributed by atoms with Gasteiger partial charge in [0.25, 0.3) is 0 Å². The average molecular weight is 211 g/mol. The molecule has 0 aliphatic heterocycles. The minimum Gasteiger partial charge on any atom is -0.493 e. The normalized spacial score (nSPS) is 12.5. The minimum absolute atomic E-state index is 0.145. The van der Waals surface area contributed by atoms with Crippen LogP contribution in [0.25, 0.3) is 0 Å². The Morgan fingerprint density at radius 1 is 1.47 bits per heavy atom. The van der Waals surface area contributed by atoms with Crippen molar-refractivity contribution in [3.8, 4) is 5.75 Å². The van der Waals surface area contributed by atoms with Crippen molar-refractivity contribution in [1.29, 1.82) is 0 Å². The maximum Gasteiger partial charge on any atom is 0.119 e. The zero-order chi connectivity index (χ0) is 11.1. The third-order valence-electron chi connectivity index (χ3n) is 2.00. The molecule has 3 heteroatoms. The Hall–Kier alpha value is -1.09. The summed E-state index contributed by atoms with van der Waals surface area (Å²) in [7, 11) is 0. The molecule has 0 heterocycles. The molecular weight excluding hydrogens is 193 g/mol. The molecule has 1 aromatic rings. The molecule has 0 aliphatic carbocycles. The van der Waals surface area contributed by atoms with Gasteiger partial charge in [0.05, 0.1) is 13.3 Å². The molecule has 1 unspecified atom stereocenters. The summed E-state index contributed by atoms with van der Waals surface area (Å²) in [6.07, 6.45) is 1.28. The number of halogens is 1. The summed E-state index contributed by atoms with van der Waals surface area (Å²) >= 11 is 0. The van der Waals surface area contributed by atoms with Crippen molar-refractivity contribution in [2.24, 2.45) is 5.73 Å². The average Bonchev–Trinajstić information content (AvgIpc) is 2.18. The first-order chi connectivity index (χ1) is 7.22. The molecule has 15 heavy (non-hydrogen) atoms.